The van der Waals surface area contributed by atoms with E-state index in [4.69, 9.17) is 4.42 Å². The van der Waals surface area contributed by atoms with Crippen LogP contribution in [0.2, 0.25) is 0 Å². The highest BCUT2D eigenvalue weighted by Gasteiger charge is 2.23. The molecule has 1 N–H and O–H groups in total. The minimum atomic E-state index is 0.608. The van der Waals surface area contributed by atoms with Crippen molar-refractivity contribution in [3.8, 4) is 0 Å². The van der Waals surface area contributed by atoms with Crippen LogP contribution in [0.5, 0.6) is 0 Å². The van der Waals surface area contributed by atoms with Crippen molar-refractivity contribution in [2.45, 2.75) is 51.4 Å². The van der Waals surface area contributed by atoms with E-state index in [0.29, 0.717) is 5.92 Å². The van der Waals surface area contributed by atoms with Crippen molar-refractivity contribution in [2.75, 3.05) is 31.5 Å². The number of piperidine rings is 1. The SMILES string of the molecule is Cc1ccc2occ(C3CCN(CCNc4ncnc5c4CCCC5)CC3)c2c1. The van der Waals surface area contributed by atoms with E-state index in [1.807, 2.05) is 6.26 Å². The van der Waals surface area contributed by atoms with Gasteiger partial charge in [-0.15, -0.1) is 0 Å². The van der Waals surface area contributed by atoms with E-state index in [1.54, 1.807) is 6.33 Å². The van der Waals surface area contributed by atoms with Gasteiger partial charge in [0.1, 0.15) is 17.7 Å². The molecule has 1 aliphatic heterocycles. The first kappa shape index (κ1) is 18.6. The maximum absolute atomic E-state index is 5.81. The van der Waals surface area contributed by atoms with E-state index in [2.05, 4.69) is 45.3 Å². The lowest BCUT2D eigenvalue weighted by atomic mass is 9.89. The Morgan fingerprint density at radius 1 is 1.14 bits per heavy atom. The number of hydrogen-bond acceptors (Lipinski definition) is 5. The molecule has 1 saturated heterocycles. The van der Waals surface area contributed by atoms with Gasteiger partial charge in [0.05, 0.1) is 6.26 Å². The van der Waals surface area contributed by atoms with Crippen LogP contribution in [0.3, 0.4) is 0 Å². The summed E-state index contributed by atoms with van der Waals surface area (Å²) in [6, 6.07) is 6.49. The van der Waals surface area contributed by atoms with Gasteiger partial charge in [0.25, 0.3) is 0 Å². The van der Waals surface area contributed by atoms with Crippen molar-refractivity contribution in [2.24, 2.45) is 0 Å². The first-order chi connectivity index (χ1) is 14.3. The average molecular weight is 391 g/mol. The fourth-order valence-corrected chi connectivity index (χ4v) is 4.95. The summed E-state index contributed by atoms with van der Waals surface area (Å²) in [4.78, 5) is 11.5. The zero-order valence-corrected chi connectivity index (χ0v) is 17.3. The Morgan fingerprint density at radius 3 is 2.90 bits per heavy atom. The molecule has 0 amide bonds. The summed E-state index contributed by atoms with van der Waals surface area (Å²) in [6.07, 6.45) is 10.8. The standard InChI is InChI=1S/C24H30N4O/c1-17-6-7-23-20(14-17)21(15-29-23)18-8-11-28(12-9-18)13-10-25-24-19-4-2-3-5-22(19)26-16-27-24/h6-7,14-16,18H,2-5,8-13H2,1H3,(H,25,26,27). The van der Waals surface area contributed by atoms with Crippen molar-refractivity contribution in [1.29, 1.82) is 0 Å². The largest absolute Gasteiger partial charge is 0.464 e. The number of nitrogens with zero attached hydrogens (tertiary/aromatic N) is 3. The quantitative estimate of drug-likeness (QED) is 0.684. The number of fused-ring (bicyclic) bond motifs is 2. The lowest BCUT2D eigenvalue weighted by molar-refractivity contribution is 0.219. The zero-order chi connectivity index (χ0) is 19.6. The molecule has 5 nitrogen and oxygen atoms in total. The Balaban J connectivity index is 1.15. The summed E-state index contributed by atoms with van der Waals surface area (Å²) in [7, 11) is 0. The van der Waals surface area contributed by atoms with Gasteiger partial charge in [-0.1, -0.05) is 11.6 Å². The van der Waals surface area contributed by atoms with Crippen LogP contribution in [0.25, 0.3) is 11.0 Å². The van der Waals surface area contributed by atoms with E-state index in [1.165, 1.54) is 53.5 Å². The summed E-state index contributed by atoms with van der Waals surface area (Å²) in [5.41, 5.74) is 6.31. The Kier molecular flexibility index (Phi) is 5.23. The number of nitrogens with one attached hydrogen (secondary N) is 1. The highest BCUT2D eigenvalue weighted by Crippen LogP contribution is 2.34. The minimum Gasteiger partial charge on any atom is -0.464 e. The van der Waals surface area contributed by atoms with Crippen LogP contribution >= 0.6 is 0 Å². The van der Waals surface area contributed by atoms with Gasteiger partial charge in [-0.3, -0.25) is 0 Å². The Morgan fingerprint density at radius 2 is 2.00 bits per heavy atom. The summed E-state index contributed by atoms with van der Waals surface area (Å²) in [6.45, 7) is 6.46. The molecule has 3 heterocycles. The number of anilines is 1. The van der Waals surface area contributed by atoms with Crippen molar-refractivity contribution in [3.63, 3.8) is 0 Å². The Hall–Kier alpha value is -2.40. The summed E-state index contributed by atoms with van der Waals surface area (Å²) in [5, 5.41) is 4.89. The molecule has 1 aliphatic carbocycles. The molecule has 152 valence electrons. The molecule has 1 fully saturated rings. The molecule has 0 unspecified atom stereocenters. The summed E-state index contributed by atoms with van der Waals surface area (Å²) < 4.78 is 5.81. The van der Waals surface area contributed by atoms with E-state index in [9.17, 15) is 0 Å². The van der Waals surface area contributed by atoms with Crippen LogP contribution in [-0.2, 0) is 12.8 Å². The van der Waals surface area contributed by atoms with Crippen LogP contribution in [0.15, 0.2) is 35.2 Å². The van der Waals surface area contributed by atoms with Gasteiger partial charge in [-0.2, -0.15) is 0 Å². The molecule has 29 heavy (non-hydrogen) atoms. The van der Waals surface area contributed by atoms with Crippen LogP contribution < -0.4 is 5.32 Å². The molecule has 1 aromatic carbocycles. The number of hydrogen-bond donors (Lipinski definition) is 1. The monoisotopic (exact) mass is 390 g/mol. The predicted octanol–water partition coefficient (Wildman–Crippen LogP) is 4.70. The lowest BCUT2D eigenvalue weighted by Crippen LogP contribution is -2.36. The number of rotatable bonds is 5. The van der Waals surface area contributed by atoms with Gasteiger partial charge in [-0.05, 0) is 76.6 Å². The van der Waals surface area contributed by atoms with Crippen molar-refractivity contribution in [3.05, 3.63) is 53.2 Å². The van der Waals surface area contributed by atoms with Crippen LogP contribution in [0.1, 0.15) is 54.0 Å². The molecular weight excluding hydrogens is 360 g/mol. The van der Waals surface area contributed by atoms with Crippen LogP contribution in [0.4, 0.5) is 5.82 Å². The molecule has 2 aromatic heterocycles. The number of furan rings is 1. The predicted molar refractivity (Wildman–Crippen MR) is 117 cm³/mol. The molecule has 5 rings (SSSR count). The van der Waals surface area contributed by atoms with Crippen molar-refractivity contribution < 1.29 is 4.42 Å². The number of aromatic nitrogens is 2. The van der Waals surface area contributed by atoms with Crippen molar-refractivity contribution >= 4 is 16.8 Å². The highest BCUT2D eigenvalue weighted by atomic mass is 16.3. The zero-order valence-electron chi connectivity index (χ0n) is 17.3. The lowest BCUT2D eigenvalue weighted by Gasteiger charge is -2.32. The third-order valence-corrected chi connectivity index (χ3v) is 6.63. The minimum absolute atomic E-state index is 0.608. The van der Waals surface area contributed by atoms with Gasteiger partial charge in [0, 0.05) is 35.3 Å². The van der Waals surface area contributed by atoms with Crippen molar-refractivity contribution in [1.82, 2.24) is 14.9 Å². The van der Waals surface area contributed by atoms with Gasteiger partial charge in [0.2, 0.25) is 0 Å². The highest BCUT2D eigenvalue weighted by molar-refractivity contribution is 5.82. The molecule has 3 aromatic rings. The average Bonchev–Trinajstić information content (AvgIpc) is 3.17. The molecular formula is C24H30N4O. The first-order valence-corrected chi connectivity index (χ1v) is 11.0. The van der Waals surface area contributed by atoms with Crippen LogP contribution in [0, 0.1) is 6.92 Å². The fourth-order valence-electron chi connectivity index (χ4n) is 4.95. The molecule has 0 radical (unpaired) electrons. The Labute approximate surface area is 172 Å². The van der Waals surface area contributed by atoms with Gasteiger partial charge < -0.3 is 14.6 Å². The summed E-state index contributed by atoms with van der Waals surface area (Å²) in [5.74, 6) is 1.67. The fraction of sp³-hybridized carbons (Fsp3) is 0.500. The molecule has 0 saturated carbocycles. The number of likely N-dealkylation sites (tertiary alicyclic amines) is 1. The normalized spacial score (nSPS) is 18.1. The topological polar surface area (TPSA) is 54.2 Å². The second kappa shape index (κ2) is 8.15. The van der Waals surface area contributed by atoms with Gasteiger partial charge >= 0.3 is 0 Å². The second-order valence-corrected chi connectivity index (χ2v) is 8.59. The third kappa shape index (κ3) is 3.88. The Bertz CT molecular complexity index is 988. The second-order valence-electron chi connectivity index (χ2n) is 8.59. The van der Waals surface area contributed by atoms with E-state index in [-0.39, 0.29) is 0 Å². The maximum Gasteiger partial charge on any atom is 0.134 e. The summed E-state index contributed by atoms with van der Waals surface area (Å²) >= 11 is 0. The van der Waals surface area contributed by atoms with E-state index >= 15 is 0 Å². The molecule has 5 heteroatoms. The number of aryl methyl sites for hydroxylation is 2. The van der Waals surface area contributed by atoms with Crippen LogP contribution in [-0.4, -0.2) is 41.0 Å². The smallest absolute Gasteiger partial charge is 0.134 e. The molecule has 0 spiro atoms. The van der Waals surface area contributed by atoms with E-state index in [0.717, 1.165) is 50.4 Å². The first-order valence-electron chi connectivity index (χ1n) is 11.0. The molecule has 0 atom stereocenters. The van der Waals surface area contributed by atoms with Gasteiger partial charge in [0.15, 0.2) is 0 Å². The van der Waals surface area contributed by atoms with E-state index < -0.39 is 0 Å². The molecule has 2 aliphatic rings. The third-order valence-electron chi connectivity index (χ3n) is 6.63. The number of benzene rings is 1. The maximum atomic E-state index is 5.81. The molecule has 0 bridgehead atoms. The van der Waals surface area contributed by atoms with Gasteiger partial charge in [-0.25, -0.2) is 9.97 Å².